The molecule has 1 aromatic heterocycles. The lowest BCUT2D eigenvalue weighted by molar-refractivity contribution is 0.0783. The van der Waals surface area contributed by atoms with Gasteiger partial charge in [-0.1, -0.05) is 12.2 Å². The zero-order valence-corrected chi connectivity index (χ0v) is 13.2. The minimum atomic E-state index is 0.0573. The molecule has 0 bridgehead atoms. The molecule has 0 atom stereocenters. The highest BCUT2D eigenvalue weighted by Gasteiger charge is 2.17. The van der Waals surface area contributed by atoms with Crippen molar-refractivity contribution in [3.05, 3.63) is 31.4 Å². The Morgan fingerprint density at radius 2 is 2.19 bits per heavy atom. The summed E-state index contributed by atoms with van der Waals surface area (Å²) in [6.07, 6.45) is 0. The molecule has 0 aromatic carbocycles. The second-order valence-electron chi connectivity index (χ2n) is 3.51. The van der Waals surface area contributed by atoms with Crippen LogP contribution in [0.1, 0.15) is 23.5 Å². The molecule has 0 N–H and O–H groups in total. The van der Waals surface area contributed by atoms with E-state index in [1.54, 1.807) is 4.90 Å². The van der Waals surface area contributed by atoms with Gasteiger partial charge in [0.2, 0.25) is 0 Å². The first-order valence-electron chi connectivity index (χ1n) is 4.84. The summed E-state index contributed by atoms with van der Waals surface area (Å²) in [6, 6.07) is 1.85. The Bertz CT molecular complexity index is 395. The molecule has 0 saturated carbocycles. The number of nitrogens with zero attached hydrogens (tertiary/aromatic N) is 1. The molecular formula is C11H13Br2NOS. The molecule has 16 heavy (non-hydrogen) atoms. The second-order valence-corrected chi connectivity index (χ2v) is 6.73. The highest BCUT2D eigenvalue weighted by atomic mass is 79.9. The highest BCUT2D eigenvalue weighted by Crippen LogP contribution is 2.33. The van der Waals surface area contributed by atoms with Gasteiger partial charge in [0.25, 0.3) is 5.91 Å². The lowest BCUT2D eigenvalue weighted by Gasteiger charge is -2.19. The predicted octanol–water partition coefficient (Wildman–Crippen LogP) is 4.31. The number of hydrogen-bond acceptors (Lipinski definition) is 2. The van der Waals surface area contributed by atoms with Gasteiger partial charge < -0.3 is 4.90 Å². The van der Waals surface area contributed by atoms with Crippen LogP contribution in [0.4, 0.5) is 0 Å². The Morgan fingerprint density at radius 3 is 2.56 bits per heavy atom. The van der Waals surface area contributed by atoms with Crippen LogP contribution in [0.25, 0.3) is 0 Å². The summed E-state index contributed by atoms with van der Waals surface area (Å²) >= 11 is 8.21. The smallest absolute Gasteiger partial charge is 0.264 e. The third-order valence-corrected chi connectivity index (χ3v) is 5.23. The molecular weight excluding hydrogens is 354 g/mol. The Labute approximate surface area is 117 Å². The summed E-state index contributed by atoms with van der Waals surface area (Å²) in [5.74, 6) is 0.0573. The molecule has 2 nitrogen and oxygen atoms in total. The van der Waals surface area contributed by atoms with E-state index in [0.29, 0.717) is 13.1 Å². The van der Waals surface area contributed by atoms with Crippen molar-refractivity contribution in [1.82, 2.24) is 4.90 Å². The standard InChI is InChI=1S/C11H13Br2NOS/c1-4-14(6-7(2)3)11(15)9-5-8(12)10(13)16-9/h5H,2,4,6H2,1,3H3. The van der Waals surface area contributed by atoms with Gasteiger partial charge in [-0.25, -0.2) is 0 Å². The first-order chi connectivity index (χ1) is 7.45. The van der Waals surface area contributed by atoms with Crippen LogP contribution >= 0.6 is 43.2 Å². The Hall–Kier alpha value is -0.130. The maximum atomic E-state index is 12.1. The van der Waals surface area contributed by atoms with E-state index >= 15 is 0 Å². The fraction of sp³-hybridized carbons (Fsp3) is 0.364. The van der Waals surface area contributed by atoms with Crippen LogP contribution in [-0.2, 0) is 0 Å². The maximum Gasteiger partial charge on any atom is 0.264 e. The van der Waals surface area contributed by atoms with E-state index in [-0.39, 0.29) is 5.91 Å². The number of amides is 1. The molecule has 88 valence electrons. The number of thiophene rings is 1. The van der Waals surface area contributed by atoms with Gasteiger partial charge in [-0.2, -0.15) is 0 Å². The summed E-state index contributed by atoms with van der Waals surface area (Å²) in [4.78, 5) is 14.7. The first-order valence-corrected chi connectivity index (χ1v) is 7.24. The van der Waals surface area contributed by atoms with E-state index in [0.717, 1.165) is 18.7 Å². The molecule has 1 aromatic rings. The van der Waals surface area contributed by atoms with Crippen LogP contribution < -0.4 is 0 Å². The minimum Gasteiger partial charge on any atom is -0.334 e. The molecule has 0 radical (unpaired) electrons. The molecule has 1 amide bonds. The number of rotatable bonds is 4. The molecule has 0 fully saturated rings. The zero-order valence-electron chi connectivity index (χ0n) is 9.22. The van der Waals surface area contributed by atoms with E-state index in [1.807, 2.05) is 19.9 Å². The van der Waals surface area contributed by atoms with Gasteiger partial charge in [0.1, 0.15) is 0 Å². The largest absolute Gasteiger partial charge is 0.334 e. The van der Waals surface area contributed by atoms with Crippen molar-refractivity contribution in [3.8, 4) is 0 Å². The van der Waals surface area contributed by atoms with Gasteiger partial charge >= 0.3 is 0 Å². The molecule has 5 heteroatoms. The van der Waals surface area contributed by atoms with E-state index in [1.165, 1.54) is 11.3 Å². The Kier molecular flexibility index (Phi) is 5.21. The van der Waals surface area contributed by atoms with E-state index in [9.17, 15) is 4.79 Å². The molecule has 1 heterocycles. The number of carbonyl (C=O) groups is 1. The van der Waals surface area contributed by atoms with Crippen molar-refractivity contribution in [2.45, 2.75) is 13.8 Å². The summed E-state index contributed by atoms with van der Waals surface area (Å²) in [5.41, 5.74) is 0.991. The first kappa shape index (κ1) is 13.9. The number of hydrogen-bond donors (Lipinski definition) is 0. The van der Waals surface area contributed by atoms with E-state index in [4.69, 9.17) is 0 Å². The van der Waals surface area contributed by atoms with Crippen LogP contribution in [-0.4, -0.2) is 23.9 Å². The van der Waals surface area contributed by atoms with Crippen molar-refractivity contribution in [2.75, 3.05) is 13.1 Å². The lowest BCUT2D eigenvalue weighted by Crippen LogP contribution is -2.31. The van der Waals surface area contributed by atoms with Crippen LogP contribution in [0.3, 0.4) is 0 Å². The molecule has 0 aliphatic carbocycles. The van der Waals surface area contributed by atoms with Gasteiger partial charge in [-0.3, -0.25) is 4.79 Å². The fourth-order valence-corrected chi connectivity index (χ4v) is 3.26. The topological polar surface area (TPSA) is 20.3 Å². The summed E-state index contributed by atoms with van der Waals surface area (Å²) < 4.78 is 1.87. The zero-order chi connectivity index (χ0) is 12.3. The third kappa shape index (κ3) is 3.43. The maximum absolute atomic E-state index is 12.1. The molecule has 1 rings (SSSR count). The van der Waals surface area contributed by atoms with Crippen molar-refractivity contribution in [3.63, 3.8) is 0 Å². The number of carbonyl (C=O) groups excluding carboxylic acids is 1. The third-order valence-electron chi connectivity index (χ3n) is 1.99. The predicted molar refractivity (Wildman–Crippen MR) is 76.1 cm³/mol. The molecule has 0 spiro atoms. The minimum absolute atomic E-state index is 0.0573. The normalized spacial score (nSPS) is 10.2. The summed E-state index contributed by atoms with van der Waals surface area (Å²) in [6.45, 7) is 9.04. The van der Waals surface area contributed by atoms with Crippen LogP contribution in [0.2, 0.25) is 0 Å². The Morgan fingerprint density at radius 1 is 1.56 bits per heavy atom. The van der Waals surface area contributed by atoms with Crippen molar-refractivity contribution in [2.24, 2.45) is 0 Å². The van der Waals surface area contributed by atoms with Crippen molar-refractivity contribution in [1.29, 1.82) is 0 Å². The summed E-state index contributed by atoms with van der Waals surface area (Å²) in [5, 5.41) is 0. The fourth-order valence-electron chi connectivity index (χ4n) is 1.26. The SMILES string of the molecule is C=C(C)CN(CC)C(=O)c1cc(Br)c(Br)s1. The van der Waals surface area contributed by atoms with E-state index < -0.39 is 0 Å². The van der Waals surface area contributed by atoms with Gasteiger partial charge in [-0.15, -0.1) is 11.3 Å². The van der Waals surface area contributed by atoms with Crippen LogP contribution in [0.5, 0.6) is 0 Å². The quantitative estimate of drug-likeness (QED) is 0.727. The van der Waals surface area contributed by atoms with Gasteiger partial charge in [-0.05, 0) is 51.8 Å². The average Bonchev–Trinajstić information content (AvgIpc) is 2.54. The summed E-state index contributed by atoms with van der Waals surface area (Å²) in [7, 11) is 0. The van der Waals surface area contributed by atoms with Crippen molar-refractivity contribution >= 4 is 49.1 Å². The monoisotopic (exact) mass is 365 g/mol. The van der Waals surface area contributed by atoms with Crippen LogP contribution in [0, 0.1) is 0 Å². The van der Waals surface area contributed by atoms with E-state index in [2.05, 4.69) is 38.4 Å². The molecule has 0 unspecified atom stereocenters. The van der Waals surface area contributed by atoms with Gasteiger partial charge in [0.15, 0.2) is 0 Å². The lowest BCUT2D eigenvalue weighted by atomic mass is 10.3. The molecule has 0 aliphatic heterocycles. The van der Waals surface area contributed by atoms with Gasteiger partial charge in [0.05, 0.1) is 8.66 Å². The Balaban J connectivity index is 2.86. The van der Waals surface area contributed by atoms with Crippen molar-refractivity contribution < 1.29 is 4.79 Å². The second kappa shape index (κ2) is 5.98. The highest BCUT2D eigenvalue weighted by molar-refractivity contribution is 9.13. The average molecular weight is 367 g/mol. The molecule has 0 saturated heterocycles. The van der Waals surface area contributed by atoms with Gasteiger partial charge in [0, 0.05) is 17.6 Å². The number of halogens is 2. The van der Waals surface area contributed by atoms with Crippen LogP contribution in [0.15, 0.2) is 26.5 Å². The molecule has 0 aliphatic rings. The number of likely N-dealkylation sites (N-methyl/N-ethyl adjacent to an activating group) is 1.